The van der Waals surface area contributed by atoms with Crippen LogP contribution in [0.25, 0.3) is 0 Å². The fraction of sp³-hybridized carbons (Fsp3) is 0.176. The van der Waals surface area contributed by atoms with E-state index < -0.39 is 0 Å². The molecule has 0 fully saturated rings. The molecule has 0 aromatic heterocycles. The summed E-state index contributed by atoms with van der Waals surface area (Å²) in [5.41, 5.74) is 3.68. The zero-order valence-electron chi connectivity index (χ0n) is 13.5. The fourth-order valence-corrected chi connectivity index (χ4v) is 2.78. The number of benzene rings is 2. The number of halogens is 1. The largest absolute Gasteiger partial charge is 0.496 e. The van der Waals surface area contributed by atoms with Gasteiger partial charge in [-0.3, -0.25) is 4.79 Å². The molecule has 0 aliphatic heterocycles. The minimum Gasteiger partial charge on any atom is -0.496 e. The molecule has 0 saturated carbocycles. The standard InChI is InChI=1S/C17H17IN2O4/c1-22-14-8-7-11(9-13(14)18)17(21)20-19-10-12-5-4-6-15(23-2)16(12)24-3/h4-10H,1-3H3,(H,20,21)/b19-10+. The summed E-state index contributed by atoms with van der Waals surface area (Å²) in [7, 11) is 4.70. The van der Waals surface area contributed by atoms with Crippen LogP contribution in [0.2, 0.25) is 0 Å². The number of carbonyl (C=O) groups is 1. The molecule has 2 aromatic carbocycles. The molecule has 0 bridgehead atoms. The summed E-state index contributed by atoms with van der Waals surface area (Å²) in [6.45, 7) is 0. The molecule has 126 valence electrons. The van der Waals surface area contributed by atoms with Gasteiger partial charge in [0.1, 0.15) is 5.75 Å². The fourth-order valence-electron chi connectivity index (χ4n) is 2.05. The lowest BCUT2D eigenvalue weighted by molar-refractivity contribution is 0.0955. The smallest absolute Gasteiger partial charge is 0.271 e. The quantitative estimate of drug-likeness (QED) is 0.426. The molecule has 0 aliphatic carbocycles. The van der Waals surface area contributed by atoms with Crippen LogP contribution < -0.4 is 19.6 Å². The molecule has 0 aliphatic rings. The van der Waals surface area contributed by atoms with Crippen LogP contribution in [0, 0.1) is 3.57 Å². The average Bonchev–Trinajstić information content (AvgIpc) is 2.61. The molecule has 0 spiro atoms. The number of hydrazone groups is 1. The number of nitrogens with zero attached hydrogens (tertiary/aromatic N) is 1. The van der Waals surface area contributed by atoms with E-state index in [9.17, 15) is 4.79 Å². The summed E-state index contributed by atoms with van der Waals surface area (Å²) in [5, 5.41) is 3.98. The van der Waals surface area contributed by atoms with Crippen LogP contribution in [0.3, 0.4) is 0 Å². The Morgan fingerprint density at radius 2 is 1.83 bits per heavy atom. The first-order valence-corrected chi connectivity index (χ1v) is 8.06. The molecular formula is C17H17IN2O4. The number of hydrogen-bond acceptors (Lipinski definition) is 5. The van der Waals surface area contributed by atoms with Crippen LogP contribution in [0.4, 0.5) is 0 Å². The third-order valence-electron chi connectivity index (χ3n) is 3.22. The number of para-hydroxylation sites is 1. The average molecular weight is 440 g/mol. The molecule has 0 heterocycles. The van der Waals surface area contributed by atoms with Crippen molar-refractivity contribution in [2.24, 2.45) is 5.10 Å². The number of methoxy groups -OCH3 is 3. The lowest BCUT2D eigenvalue weighted by Gasteiger charge is -2.09. The van der Waals surface area contributed by atoms with E-state index in [1.807, 2.05) is 12.1 Å². The molecule has 2 rings (SSSR count). The number of rotatable bonds is 6. The lowest BCUT2D eigenvalue weighted by atomic mass is 10.2. The SMILES string of the molecule is COc1ccc(C(=O)N/N=C/c2cccc(OC)c2OC)cc1I. The maximum absolute atomic E-state index is 12.1. The van der Waals surface area contributed by atoms with Crippen LogP contribution in [0.1, 0.15) is 15.9 Å². The van der Waals surface area contributed by atoms with Gasteiger partial charge in [-0.2, -0.15) is 5.10 Å². The van der Waals surface area contributed by atoms with Crippen molar-refractivity contribution in [2.75, 3.05) is 21.3 Å². The van der Waals surface area contributed by atoms with Gasteiger partial charge in [0.05, 0.1) is 31.1 Å². The summed E-state index contributed by atoms with van der Waals surface area (Å²) in [6.07, 6.45) is 1.51. The van der Waals surface area contributed by atoms with E-state index in [1.54, 1.807) is 45.6 Å². The Morgan fingerprint density at radius 3 is 2.46 bits per heavy atom. The molecule has 1 N–H and O–H groups in total. The van der Waals surface area contributed by atoms with E-state index in [0.29, 0.717) is 22.6 Å². The second kappa shape index (κ2) is 8.53. The Labute approximate surface area is 153 Å². The van der Waals surface area contributed by atoms with E-state index >= 15 is 0 Å². The van der Waals surface area contributed by atoms with Gasteiger partial charge in [-0.25, -0.2) is 5.43 Å². The van der Waals surface area contributed by atoms with Crippen LogP contribution >= 0.6 is 22.6 Å². The van der Waals surface area contributed by atoms with Crippen molar-refractivity contribution in [3.05, 3.63) is 51.1 Å². The topological polar surface area (TPSA) is 69.2 Å². The number of amides is 1. The summed E-state index contributed by atoms with van der Waals surface area (Å²) < 4.78 is 16.5. The molecule has 2 aromatic rings. The molecule has 7 heteroatoms. The van der Waals surface area contributed by atoms with Crippen LogP contribution in [-0.4, -0.2) is 33.5 Å². The molecule has 1 amide bonds. The zero-order chi connectivity index (χ0) is 17.5. The molecule has 24 heavy (non-hydrogen) atoms. The highest BCUT2D eigenvalue weighted by molar-refractivity contribution is 14.1. The molecule has 0 radical (unpaired) electrons. The monoisotopic (exact) mass is 440 g/mol. The van der Waals surface area contributed by atoms with Crippen molar-refractivity contribution in [2.45, 2.75) is 0 Å². The maximum atomic E-state index is 12.1. The van der Waals surface area contributed by atoms with E-state index in [-0.39, 0.29) is 5.91 Å². The number of ether oxygens (including phenoxy) is 3. The molecular weight excluding hydrogens is 423 g/mol. The van der Waals surface area contributed by atoms with E-state index in [1.165, 1.54) is 6.21 Å². The number of hydrogen-bond donors (Lipinski definition) is 1. The highest BCUT2D eigenvalue weighted by Gasteiger charge is 2.09. The van der Waals surface area contributed by atoms with Gasteiger partial charge in [-0.15, -0.1) is 0 Å². The first-order valence-electron chi connectivity index (χ1n) is 6.98. The van der Waals surface area contributed by atoms with Gasteiger partial charge in [-0.05, 0) is 52.9 Å². The zero-order valence-corrected chi connectivity index (χ0v) is 15.7. The van der Waals surface area contributed by atoms with Crippen LogP contribution in [0.5, 0.6) is 17.2 Å². The van der Waals surface area contributed by atoms with Crippen molar-refractivity contribution in [3.63, 3.8) is 0 Å². The van der Waals surface area contributed by atoms with Gasteiger partial charge in [0.25, 0.3) is 5.91 Å². The predicted octanol–water partition coefficient (Wildman–Crippen LogP) is 3.08. The Bertz CT molecular complexity index is 762. The van der Waals surface area contributed by atoms with E-state index in [4.69, 9.17) is 14.2 Å². The lowest BCUT2D eigenvalue weighted by Crippen LogP contribution is -2.17. The van der Waals surface area contributed by atoms with Gasteiger partial charge < -0.3 is 14.2 Å². The van der Waals surface area contributed by atoms with Gasteiger partial charge >= 0.3 is 0 Å². The van der Waals surface area contributed by atoms with Gasteiger partial charge in [-0.1, -0.05) is 6.07 Å². The summed E-state index contributed by atoms with van der Waals surface area (Å²) in [5.74, 6) is 1.56. The number of nitrogens with one attached hydrogen (secondary N) is 1. The Balaban J connectivity index is 2.12. The first-order chi connectivity index (χ1) is 11.6. The van der Waals surface area contributed by atoms with Crippen molar-refractivity contribution < 1.29 is 19.0 Å². The van der Waals surface area contributed by atoms with Crippen molar-refractivity contribution in [1.29, 1.82) is 0 Å². The molecule has 0 saturated heterocycles. The summed E-state index contributed by atoms with van der Waals surface area (Å²) in [6, 6.07) is 10.6. The predicted molar refractivity (Wildman–Crippen MR) is 100 cm³/mol. The summed E-state index contributed by atoms with van der Waals surface area (Å²) in [4.78, 5) is 12.1. The molecule has 0 atom stereocenters. The highest BCUT2D eigenvalue weighted by Crippen LogP contribution is 2.29. The minimum atomic E-state index is -0.311. The first kappa shape index (κ1) is 18.1. The van der Waals surface area contributed by atoms with Crippen molar-refractivity contribution >= 4 is 34.7 Å². The van der Waals surface area contributed by atoms with E-state index in [2.05, 4.69) is 33.1 Å². The van der Waals surface area contributed by atoms with Crippen LogP contribution in [0.15, 0.2) is 41.5 Å². The molecule has 6 nitrogen and oxygen atoms in total. The second-order valence-corrected chi connectivity index (χ2v) is 5.79. The molecule has 0 unspecified atom stereocenters. The van der Waals surface area contributed by atoms with Crippen LogP contribution in [-0.2, 0) is 0 Å². The minimum absolute atomic E-state index is 0.311. The normalized spacial score (nSPS) is 10.5. The second-order valence-electron chi connectivity index (χ2n) is 4.63. The van der Waals surface area contributed by atoms with Crippen molar-refractivity contribution in [3.8, 4) is 17.2 Å². The highest BCUT2D eigenvalue weighted by atomic mass is 127. The Morgan fingerprint density at radius 1 is 1.08 bits per heavy atom. The third-order valence-corrected chi connectivity index (χ3v) is 4.06. The van der Waals surface area contributed by atoms with E-state index in [0.717, 1.165) is 9.32 Å². The van der Waals surface area contributed by atoms with Crippen molar-refractivity contribution in [1.82, 2.24) is 5.43 Å². The Hall–Kier alpha value is -2.29. The Kier molecular flexibility index (Phi) is 6.42. The van der Waals surface area contributed by atoms with Gasteiger partial charge in [0.2, 0.25) is 0 Å². The summed E-state index contributed by atoms with van der Waals surface area (Å²) >= 11 is 2.11. The maximum Gasteiger partial charge on any atom is 0.271 e. The number of carbonyl (C=O) groups excluding carboxylic acids is 1. The third kappa shape index (κ3) is 4.16. The van der Waals surface area contributed by atoms with Gasteiger partial charge in [0, 0.05) is 11.1 Å². The van der Waals surface area contributed by atoms with Gasteiger partial charge in [0.15, 0.2) is 11.5 Å².